The Kier molecular flexibility index (Phi) is 9.07. The zero-order valence-electron chi connectivity index (χ0n) is 24.2. The Morgan fingerprint density at radius 1 is 1.16 bits per heavy atom. The van der Waals surface area contributed by atoms with Gasteiger partial charge in [0.25, 0.3) is 0 Å². The molecule has 0 amide bonds. The predicted octanol–water partition coefficient (Wildman–Crippen LogP) is 0.787. The molecule has 240 valence electrons. The van der Waals surface area contributed by atoms with Crippen LogP contribution < -0.4 is 15.3 Å². The third kappa shape index (κ3) is 5.64. The zero-order chi connectivity index (χ0) is 31.6. The number of nitrogens with one attached hydrogen (secondary N) is 1. The molecule has 1 fully saturated rings. The number of nitrogens with two attached hydrogens (primary N) is 1. The minimum absolute atomic E-state index is 0. The van der Waals surface area contributed by atoms with E-state index in [-0.39, 0.29) is 59.0 Å². The van der Waals surface area contributed by atoms with Crippen LogP contribution in [-0.4, -0.2) is 89.6 Å². The summed E-state index contributed by atoms with van der Waals surface area (Å²) in [5.74, 6) is -2.71. The Morgan fingerprint density at radius 2 is 1.82 bits per heavy atom. The highest BCUT2D eigenvalue weighted by atomic mass is 35.5. The number of aliphatic hydroxyl groups excluding tert-OH is 1. The first kappa shape index (κ1) is 33.6. The third-order valence-electron chi connectivity index (χ3n) is 8.20. The highest BCUT2D eigenvalue weighted by molar-refractivity contribution is 7.88. The number of methoxy groups -OCH3 is 1. The maximum absolute atomic E-state index is 13.8. The van der Waals surface area contributed by atoms with Gasteiger partial charge in [-0.2, -0.15) is 5.10 Å². The van der Waals surface area contributed by atoms with Gasteiger partial charge in [0.2, 0.25) is 15.8 Å². The molecule has 14 nitrogen and oxygen atoms in total. The van der Waals surface area contributed by atoms with E-state index in [4.69, 9.17) is 19.9 Å². The molecule has 5 rings (SSSR count). The van der Waals surface area contributed by atoms with Gasteiger partial charge >= 0.3 is 0 Å². The number of hydrazone groups is 1. The Balaban J connectivity index is 0.00000442. The number of nitrogens with zero attached hydrogens (tertiary/aromatic N) is 1. The molecule has 2 aromatic carbocycles. The predicted molar refractivity (Wildman–Crippen MR) is 158 cm³/mol. The number of benzene rings is 2. The highest BCUT2D eigenvalue weighted by Crippen LogP contribution is 2.52. The van der Waals surface area contributed by atoms with Crippen molar-refractivity contribution in [2.24, 2.45) is 10.8 Å². The number of rotatable bonds is 6. The first-order valence-corrected chi connectivity index (χ1v) is 15.3. The number of sulfonamides is 1. The van der Waals surface area contributed by atoms with Crippen LogP contribution in [0.1, 0.15) is 75.8 Å². The Hall–Kier alpha value is -3.31. The van der Waals surface area contributed by atoms with Gasteiger partial charge in [0.15, 0.2) is 12.1 Å². The van der Waals surface area contributed by atoms with Crippen molar-refractivity contribution in [3.05, 3.63) is 51.6 Å². The Morgan fingerprint density at radius 3 is 2.43 bits per heavy atom. The maximum atomic E-state index is 13.8. The minimum atomic E-state index is -3.79. The summed E-state index contributed by atoms with van der Waals surface area (Å²) in [5.41, 5.74) is 2.79. The van der Waals surface area contributed by atoms with E-state index in [9.17, 15) is 38.4 Å². The number of halogens is 1. The largest absolute Gasteiger partial charge is 0.507 e. The molecule has 44 heavy (non-hydrogen) atoms. The number of hydrogen-bond acceptors (Lipinski definition) is 13. The second kappa shape index (κ2) is 11.9. The van der Waals surface area contributed by atoms with Gasteiger partial charge < -0.3 is 40.4 Å². The Bertz CT molecular complexity index is 1650. The molecule has 2 aromatic rings. The van der Waals surface area contributed by atoms with Gasteiger partial charge in [-0.15, -0.1) is 12.4 Å². The van der Waals surface area contributed by atoms with Gasteiger partial charge in [0, 0.05) is 42.0 Å². The van der Waals surface area contributed by atoms with Crippen LogP contribution in [-0.2, 0) is 25.9 Å². The molecule has 1 saturated heterocycles. The summed E-state index contributed by atoms with van der Waals surface area (Å²) in [6, 6.07) is 3.66. The first-order valence-electron chi connectivity index (χ1n) is 13.4. The number of hydrogen-bond donors (Lipinski definition) is 6. The molecule has 1 heterocycles. The quantitative estimate of drug-likeness (QED) is 0.123. The monoisotopic (exact) mass is 655 g/mol. The van der Waals surface area contributed by atoms with E-state index >= 15 is 0 Å². The normalized spacial score (nSPS) is 28.3. The van der Waals surface area contributed by atoms with Gasteiger partial charge in [0.05, 0.1) is 54.1 Å². The molecule has 2 aliphatic carbocycles. The van der Waals surface area contributed by atoms with Gasteiger partial charge in [-0.1, -0.05) is 12.1 Å². The molecule has 0 bridgehead atoms. The number of phenolic OH excluding ortho intramolecular Hbond substituents is 2. The maximum Gasteiger partial charge on any atom is 0.244 e. The zero-order valence-corrected chi connectivity index (χ0v) is 25.9. The molecular formula is C28H34ClN3O11S. The smallest absolute Gasteiger partial charge is 0.244 e. The molecule has 7 N–H and O–H groups in total. The van der Waals surface area contributed by atoms with Crippen molar-refractivity contribution < 1.29 is 52.6 Å². The SMILES string of the molecule is COc1cccc2c1C(=O)c1c(O)c3c(c(O)c1C2=O)C[C@@](O)(/C(C)=N/NS(C)(=O)=O)C[C@@H]3OC1CC(N)C(O)C(C)O1.Cl. The summed E-state index contributed by atoms with van der Waals surface area (Å²) in [4.78, 5) is 29.4. The van der Waals surface area contributed by atoms with E-state index in [0.717, 1.165) is 6.26 Å². The van der Waals surface area contributed by atoms with Crippen molar-refractivity contribution in [1.29, 1.82) is 0 Å². The number of carbonyl (C=O) groups excluding carboxylic acids is 2. The lowest BCUT2D eigenvalue weighted by Crippen LogP contribution is -2.52. The van der Waals surface area contributed by atoms with E-state index in [0.29, 0.717) is 0 Å². The van der Waals surface area contributed by atoms with Crippen molar-refractivity contribution in [3.63, 3.8) is 0 Å². The fourth-order valence-electron chi connectivity index (χ4n) is 5.92. The summed E-state index contributed by atoms with van der Waals surface area (Å²) in [6.45, 7) is 2.95. The highest BCUT2D eigenvalue weighted by Gasteiger charge is 2.49. The fraction of sp³-hybridized carbons (Fsp3) is 0.464. The summed E-state index contributed by atoms with van der Waals surface area (Å²) < 4.78 is 40.6. The molecule has 16 heteroatoms. The molecular weight excluding hydrogens is 622 g/mol. The van der Waals surface area contributed by atoms with Crippen LogP contribution in [0.15, 0.2) is 23.3 Å². The second-order valence-electron chi connectivity index (χ2n) is 11.1. The summed E-state index contributed by atoms with van der Waals surface area (Å²) >= 11 is 0. The van der Waals surface area contributed by atoms with Gasteiger partial charge in [-0.25, -0.2) is 13.2 Å². The number of ketones is 2. The number of aliphatic hydroxyl groups is 2. The average Bonchev–Trinajstić information content (AvgIpc) is 2.94. The van der Waals surface area contributed by atoms with E-state index in [1.54, 1.807) is 6.92 Å². The lowest BCUT2D eigenvalue weighted by Gasteiger charge is -2.42. The number of aromatic hydroxyl groups is 2. The average molecular weight is 656 g/mol. The first-order chi connectivity index (χ1) is 20.1. The molecule has 3 aliphatic rings. The Labute approximate surface area is 259 Å². The standard InChI is InChI=1S/C28H33N3O11S.ClH/c1-11-23(32)15(29)8-18(41-11)42-17-10-28(37,12(2)30-31-43(4,38)39)9-14-20(17)27(36)22-21(25(14)34)24(33)13-6-5-7-16(40-3)19(13)26(22)35;/h5-7,11,15,17-18,23,31-32,34,36-37H,8-10,29H2,1-4H3;1H/b30-12+;/t11?,15?,17-,18?,23?,28-;/m0./s1. The van der Waals surface area contributed by atoms with E-state index in [1.165, 1.54) is 32.2 Å². The number of carbonyl (C=O) groups is 2. The molecule has 0 spiro atoms. The molecule has 0 saturated carbocycles. The van der Waals surface area contributed by atoms with Gasteiger partial charge in [-0.05, 0) is 19.9 Å². The summed E-state index contributed by atoms with van der Waals surface area (Å²) in [7, 11) is -2.47. The molecule has 6 atom stereocenters. The molecule has 0 aromatic heterocycles. The summed E-state index contributed by atoms with van der Waals surface area (Å²) in [6.07, 6.45) is -3.89. The van der Waals surface area contributed by atoms with E-state index in [1.807, 2.05) is 4.83 Å². The van der Waals surface area contributed by atoms with Crippen LogP contribution in [0, 0.1) is 0 Å². The van der Waals surface area contributed by atoms with Crippen LogP contribution in [0.2, 0.25) is 0 Å². The number of fused-ring (bicyclic) bond motifs is 3. The van der Waals surface area contributed by atoms with Crippen LogP contribution in [0.4, 0.5) is 0 Å². The third-order valence-corrected chi connectivity index (χ3v) is 8.62. The van der Waals surface area contributed by atoms with Crippen LogP contribution in [0.25, 0.3) is 0 Å². The number of ether oxygens (including phenoxy) is 3. The van der Waals surface area contributed by atoms with E-state index in [2.05, 4.69) is 5.10 Å². The van der Waals surface area contributed by atoms with E-state index < -0.39 is 86.9 Å². The molecule has 1 aliphatic heterocycles. The minimum Gasteiger partial charge on any atom is -0.507 e. The second-order valence-corrected chi connectivity index (χ2v) is 12.9. The van der Waals surface area contributed by atoms with Crippen molar-refractivity contribution in [2.75, 3.05) is 13.4 Å². The lowest BCUT2D eigenvalue weighted by atomic mass is 9.72. The van der Waals surface area contributed by atoms with Crippen molar-refractivity contribution >= 4 is 39.7 Å². The van der Waals surface area contributed by atoms with Crippen LogP contribution in [0.5, 0.6) is 17.2 Å². The molecule has 0 radical (unpaired) electrons. The fourth-order valence-corrected chi connectivity index (χ4v) is 6.22. The van der Waals surface area contributed by atoms with Crippen molar-refractivity contribution in [2.45, 2.75) is 69.4 Å². The van der Waals surface area contributed by atoms with Crippen molar-refractivity contribution in [3.8, 4) is 17.2 Å². The van der Waals surface area contributed by atoms with Crippen LogP contribution in [0.3, 0.4) is 0 Å². The molecule has 4 unspecified atom stereocenters. The lowest BCUT2D eigenvalue weighted by molar-refractivity contribution is -0.245. The van der Waals surface area contributed by atoms with Gasteiger partial charge in [0.1, 0.15) is 22.8 Å². The van der Waals surface area contributed by atoms with Crippen LogP contribution >= 0.6 is 12.4 Å². The number of phenols is 2. The topological polar surface area (TPSA) is 227 Å². The van der Waals surface area contributed by atoms with Crippen molar-refractivity contribution in [1.82, 2.24) is 4.83 Å². The van der Waals surface area contributed by atoms with Gasteiger partial charge in [-0.3, -0.25) is 9.59 Å². The summed E-state index contributed by atoms with van der Waals surface area (Å²) in [5, 5.41) is 49.0.